The Morgan fingerprint density at radius 3 is 2.56 bits per heavy atom. The van der Waals surface area contributed by atoms with Gasteiger partial charge in [-0.15, -0.1) is 0 Å². The third-order valence-electron chi connectivity index (χ3n) is 3.82. The average molecular weight is 223 g/mol. The number of halogens is 1. The molecule has 0 aliphatic heterocycles. The molecule has 0 heterocycles. The molecule has 2 N–H and O–H groups in total. The zero-order valence-electron chi connectivity index (χ0n) is 9.85. The molecule has 1 aliphatic carbocycles. The highest BCUT2D eigenvalue weighted by atomic mass is 19.1. The van der Waals surface area contributed by atoms with E-state index in [9.17, 15) is 4.39 Å². The zero-order valence-corrected chi connectivity index (χ0v) is 9.85. The Bertz CT molecular complexity index is 394. The van der Waals surface area contributed by atoms with E-state index in [0.717, 1.165) is 36.1 Å². The summed E-state index contributed by atoms with van der Waals surface area (Å²) in [5.74, 6) is 0.597. The Labute approximate surface area is 95.6 Å². The fourth-order valence-corrected chi connectivity index (χ4v) is 2.69. The van der Waals surface area contributed by atoms with Gasteiger partial charge in [-0.1, -0.05) is 6.42 Å². The summed E-state index contributed by atoms with van der Waals surface area (Å²) in [4.78, 5) is 0. The van der Waals surface area contributed by atoms with Crippen molar-refractivity contribution < 1.29 is 9.13 Å². The normalized spacial score (nSPS) is 18.0. The van der Waals surface area contributed by atoms with Gasteiger partial charge in [0.25, 0.3) is 0 Å². The standard InChI is InChI=1S/C13H18FNO/c1-9-11(16-2)5-4-10(14)12(9)13(8-15)6-3-7-13/h4-5H,3,6-8,15H2,1-2H3. The predicted molar refractivity (Wildman–Crippen MR) is 62.3 cm³/mol. The molecule has 0 amide bonds. The van der Waals surface area contributed by atoms with E-state index in [1.807, 2.05) is 6.92 Å². The molecule has 88 valence electrons. The molecule has 1 aromatic rings. The van der Waals surface area contributed by atoms with Gasteiger partial charge in [0.15, 0.2) is 0 Å². The van der Waals surface area contributed by atoms with Crippen molar-refractivity contribution in [2.75, 3.05) is 13.7 Å². The quantitative estimate of drug-likeness (QED) is 0.854. The van der Waals surface area contributed by atoms with Crippen molar-refractivity contribution in [3.63, 3.8) is 0 Å². The van der Waals surface area contributed by atoms with Crippen LogP contribution in [0, 0.1) is 12.7 Å². The van der Waals surface area contributed by atoms with E-state index in [0.29, 0.717) is 6.54 Å². The van der Waals surface area contributed by atoms with Crippen LogP contribution >= 0.6 is 0 Å². The van der Waals surface area contributed by atoms with E-state index in [1.165, 1.54) is 6.07 Å². The third kappa shape index (κ3) is 1.50. The van der Waals surface area contributed by atoms with Crippen molar-refractivity contribution in [1.29, 1.82) is 0 Å². The minimum absolute atomic E-state index is 0.150. The number of benzene rings is 1. The van der Waals surface area contributed by atoms with Gasteiger partial charge in [-0.25, -0.2) is 4.39 Å². The van der Waals surface area contributed by atoms with E-state index in [4.69, 9.17) is 10.5 Å². The van der Waals surface area contributed by atoms with Crippen molar-refractivity contribution in [2.45, 2.75) is 31.6 Å². The van der Waals surface area contributed by atoms with Crippen molar-refractivity contribution in [1.82, 2.24) is 0 Å². The second-order valence-corrected chi connectivity index (χ2v) is 4.59. The highest BCUT2D eigenvalue weighted by Crippen LogP contribution is 2.46. The van der Waals surface area contributed by atoms with E-state index in [2.05, 4.69) is 0 Å². The second kappa shape index (κ2) is 4.06. The summed E-state index contributed by atoms with van der Waals surface area (Å²) < 4.78 is 19.2. The van der Waals surface area contributed by atoms with Gasteiger partial charge in [-0.3, -0.25) is 0 Å². The molecule has 3 heteroatoms. The zero-order chi connectivity index (χ0) is 11.8. The van der Waals surface area contributed by atoms with Gasteiger partial charge in [0, 0.05) is 17.5 Å². The first-order valence-electron chi connectivity index (χ1n) is 5.68. The molecule has 2 rings (SSSR count). The first-order chi connectivity index (χ1) is 7.64. The Morgan fingerprint density at radius 1 is 1.44 bits per heavy atom. The Hall–Kier alpha value is -1.09. The molecular formula is C13H18FNO. The predicted octanol–water partition coefficient (Wildman–Crippen LogP) is 2.52. The molecule has 0 atom stereocenters. The van der Waals surface area contributed by atoms with Crippen molar-refractivity contribution in [3.05, 3.63) is 29.1 Å². The molecule has 1 aromatic carbocycles. The molecule has 0 saturated heterocycles. The van der Waals surface area contributed by atoms with Crippen LogP contribution in [0.4, 0.5) is 4.39 Å². The van der Waals surface area contributed by atoms with Gasteiger partial charge in [-0.05, 0) is 37.5 Å². The largest absolute Gasteiger partial charge is 0.496 e. The van der Waals surface area contributed by atoms with Crippen LogP contribution in [0.5, 0.6) is 5.75 Å². The molecule has 1 fully saturated rings. The van der Waals surface area contributed by atoms with Crippen molar-refractivity contribution in [2.24, 2.45) is 5.73 Å². The van der Waals surface area contributed by atoms with Gasteiger partial charge >= 0.3 is 0 Å². The molecule has 0 radical (unpaired) electrons. The van der Waals surface area contributed by atoms with Crippen LogP contribution in [-0.4, -0.2) is 13.7 Å². The summed E-state index contributed by atoms with van der Waals surface area (Å²) in [7, 11) is 1.61. The molecule has 16 heavy (non-hydrogen) atoms. The molecule has 0 spiro atoms. The maximum Gasteiger partial charge on any atom is 0.127 e. The first-order valence-corrected chi connectivity index (χ1v) is 5.68. The van der Waals surface area contributed by atoms with Crippen LogP contribution in [0.25, 0.3) is 0 Å². The Balaban J connectivity index is 2.54. The molecule has 1 aliphatic rings. The van der Waals surface area contributed by atoms with Gasteiger partial charge in [0.05, 0.1) is 7.11 Å². The van der Waals surface area contributed by atoms with E-state index >= 15 is 0 Å². The molecule has 1 saturated carbocycles. The van der Waals surface area contributed by atoms with Gasteiger partial charge in [0.2, 0.25) is 0 Å². The van der Waals surface area contributed by atoms with Crippen LogP contribution in [0.2, 0.25) is 0 Å². The number of hydrogen-bond acceptors (Lipinski definition) is 2. The lowest BCUT2D eigenvalue weighted by Crippen LogP contribution is -2.42. The molecule has 2 nitrogen and oxygen atoms in total. The second-order valence-electron chi connectivity index (χ2n) is 4.59. The molecule has 0 unspecified atom stereocenters. The summed E-state index contributed by atoms with van der Waals surface area (Å²) in [6.07, 6.45) is 3.09. The number of rotatable bonds is 3. The summed E-state index contributed by atoms with van der Waals surface area (Å²) in [5.41, 5.74) is 7.33. The van der Waals surface area contributed by atoms with Gasteiger partial charge in [0.1, 0.15) is 11.6 Å². The van der Waals surface area contributed by atoms with E-state index in [1.54, 1.807) is 13.2 Å². The average Bonchev–Trinajstić information content (AvgIpc) is 2.22. The number of nitrogens with two attached hydrogens (primary N) is 1. The van der Waals surface area contributed by atoms with Crippen LogP contribution < -0.4 is 10.5 Å². The van der Waals surface area contributed by atoms with Crippen LogP contribution in [0.1, 0.15) is 30.4 Å². The van der Waals surface area contributed by atoms with E-state index < -0.39 is 0 Å². The maximum atomic E-state index is 14.0. The highest BCUT2D eigenvalue weighted by molar-refractivity contribution is 5.45. The summed E-state index contributed by atoms with van der Waals surface area (Å²) in [5, 5.41) is 0. The number of methoxy groups -OCH3 is 1. The van der Waals surface area contributed by atoms with Gasteiger partial charge in [-0.2, -0.15) is 0 Å². The molecule has 0 bridgehead atoms. The molecule has 0 aromatic heterocycles. The smallest absolute Gasteiger partial charge is 0.127 e. The topological polar surface area (TPSA) is 35.2 Å². The SMILES string of the molecule is COc1ccc(F)c(C2(CN)CCC2)c1C. The third-order valence-corrected chi connectivity index (χ3v) is 3.82. The Morgan fingerprint density at radius 2 is 2.12 bits per heavy atom. The van der Waals surface area contributed by atoms with Crippen LogP contribution in [0.15, 0.2) is 12.1 Å². The van der Waals surface area contributed by atoms with Crippen LogP contribution in [-0.2, 0) is 5.41 Å². The molecular weight excluding hydrogens is 205 g/mol. The fourth-order valence-electron chi connectivity index (χ4n) is 2.69. The fraction of sp³-hybridized carbons (Fsp3) is 0.538. The van der Waals surface area contributed by atoms with Gasteiger partial charge < -0.3 is 10.5 Å². The lowest BCUT2D eigenvalue weighted by molar-refractivity contribution is 0.242. The van der Waals surface area contributed by atoms with Crippen LogP contribution in [0.3, 0.4) is 0 Å². The highest BCUT2D eigenvalue weighted by Gasteiger charge is 2.40. The van der Waals surface area contributed by atoms with E-state index in [-0.39, 0.29) is 11.2 Å². The number of hydrogen-bond donors (Lipinski definition) is 1. The maximum absolute atomic E-state index is 14.0. The monoisotopic (exact) mass is 223 g/mol. The van der Waals surface area contributed by atoms with Crippen molar-refractivity contribution >= 4 is 0 Å². The van der Waals surface area contributed by atoms with Crippen molar-refractivity contribution in [3.8, 4) is 5.75 Å². The minimum atomic E-state index is -0.150. The summed E-state index contributed by atoms with van der Waals surface area (Å²) in [6, 6.07) is 3.16. The lowest BCUT2D eigenvalue weighted by Gasteiger charge is -2.42. The number of ether oxygens (including phenoxy) is 1. The first kappa shape index (κ1) is 11.4. The lowest BCUT2D eigenvalue weighted by atomic mass is 9.63. The Kier molecular flexibility index (Phi) is 2.89. The minimum Gasteiger partial charge on any atom is -0.496 e. The summed E-state index contributed by atoms with van der Waals surface area (Å²) >= 11 is 0. The summed E-state index contributed by atoms with van der Waals surface area (Å²) in [6.45, 7) is 2.42.